The highest BCUT2D eigenvalue weighted by molar-refractivity contribution is 8.00. The van der Waals surface area contributed by atoms with E-state index in [-0.39, 0.29) is 22.8 Å². The molecule has 1 atom stereocenters. The first-order chi connectivity index (χ1) is 15.0. The lowest BCUT2D eigenvalue weighted by Gasteiger charge is -2.13. The second-order valence-electron chi connectivity index (χ2n) is 6.93. The van der Waals surface area contributed by atoms with Gasteiger partial charge in [0.15, 0.2) is 5.76 Å². The molecule has 3 aromatic rings. The Labute approximate surface area is 186 Å². The van der Waals surface area contributed by atoms with Crippen molar-refractivity contribution in [1.82, 2.24) is 0 Å². The number of carbonyl (C=O) groups excluding carboxylic acids is 2. The lowest BCUT2D eigenvalue weighted by Crippen LogP contribution is -2.22. The molecule has 0 saturated heterocycles. The smallest absolute Gasteiger partial charge is 0.291 e. The third kappa shape index (κ3) is 6.93. The Kier molecular flexibility index (Phi) is 8.18. The predicted molar refractivity (Wildman–Crippen MR) is 124 cm³/mol. The second kappa shape index (κ2) is 11.3. The molecule has 6 nitrogen and oxygen atoms in total. The highest BCUT2D eigenvalue weighted by Gasteiger charge is 2.15. The van der Waals surface area contributed by atoms with Crippen LogP contribution < -0.4 is 15.4 Å². The summed E-state index contributed by atoms with van der Waals surface area (Å²) >= 11 is 1.45. The van der Waals surface area contributed by atoms with Crippen molar-refractivity contribution < 1.29 is 18.7 Å². The number of benzene rings is 2. The maximum absolute atomic E-state index is 12.5. The molecule has 0 saturated carbocycles. The van der Waals surface area contributed by atoms with Crippen molar-refractivity contribution in [2.75, 3.05) is 17.2 Å². The van der Waals surface area contributed by atoms with Crippen LogP contribution in [0.3, 0.4) is 0 Å². The Bertz CT molecular complexity index is 970. The Morgan fingerprint density at radius 2 is 1.68 bits per heavy atom. The van der Waals surface area contributed by atoms with Crippen molar-refractivity contribution in [3.63, 3.8) is 0 Å². The van der Waals surface area contributed by atoms with Crippen LogP contribution in [-0.4, -0.2) is 23.7 Å². The standard InChI is InChI=1S/C24H26N2O4S/c1-3-4-15-29-20-11-7-18(8-12-20)25-23(27)17(2)31-21-13-9-19(10-14-21)26-24(28)22-6-5-16-30-22/h5-14,16-17H,3-4,15H2,1-2H3,(H,25,27)(H,26,28). The highest BCUT2D eigenvalue weighted by atomic mass is 32.2. The van der Waals surface area contributed by atoms with E-state index in [1.807, 2.05) is 43.3 Å². The number of hydrogen-bond acceptors (Lipinski definition) is 5. The molecule has 1 aromatic heterocycles. The van der Waals surface area contributed by atoms with Gasteiger partial charge in [0.2, 0.25) is 5.91 Å². The fourth-order valence-electron chi connectivity index (χ4n) is 2.69. The second-order valence-corrected chi connectivity index (χ2v) is 8.35. The number of unbranched alkanes of at least 4 members (excludes halogenated alkanes) is 1. The molecular weight excluding hydrogens is 412 g/mol. The van der Waals surface area contributed by atoms with Gasteiger partial charge in [-0.1, -0.05) is 13.3 Å². The number of carbonyl (C=O) groups is 2. The molecule has 0 aliphatic carbocycles. The lowest BCUT2D eigenvalue weighted by atomic mass is 10.3. The number of ether oxygens (including phenoxy) is 1. The van der Waals surface area contributed by atoms with Gasteiger partial charge in [-0.2, -0.15) is 0 Å². The van der Waals surface area contributed by atoms with E-state index in [2.05, 4.69) is 17.6 Å². The predicted octanol–water partition coefficient (Wildman–Crippen LogP) is 5.83. The number of thioether (sulfide) groups is 1. The van der Waals surface area contributed by atoms with Crippen molar-refractivity contribution in [3.8, 4) is 5.75 Å². The first kappa shape index (κ1) is 22.5. The van der Waals surface area contributed by atoms with Crippen LogP contribution in [0.15, 0.2) is 76.2 Å². The zero-order valence-corrected chi connectivity index (χ0v) is 18.4. The van der Waals surface area contributed by atoms with E-state index < -0.39 is 0 Å². The summed E-state index contributed by atoms with van der Waals surface area (Å²) in [5.41, 5.74) is 1.39. The zero-order valence-electron chi connectivity index (χ0n) is 17.6. The summed E-state index contributed by atoms with van der Waals surface area (Å²) in [4.78, 5) is 25.5. The molecule has 31 heavy (non-hydrogen) atoms. The Balaban J connectivity index is 1.48. The van der Waals surface area contributed by atoms with Crippen LogP contribution in [0, 0.1) is 0 Å². The summed E-state index contributed by atoms with van der Waals surface area (Å²) in [5, 5.41) is 5.41. The van der Waals surface area contributed by atoms with E-state index in [1.165, 1.54) is 18.0 Å². The van der Waals surface area contributed by atoms with E-state index in [9.17, 15) is 9.59 Å². The van der Waals surface area contributed by atoms with Gasteiger partial charge in [-0.15, -0.1) is 11.8 Å². The van der Waals surface area contributed by atoms with Gasteiger partial charge in [0.05, 0.1) is 18.1 Å². The lowest BCUT2D eigenvalue weighted by molar-refractivity contribution is -0.115. The van der Waals surface area contributed by atoms with Crippen molar-refractivity contribution in [1.29, 1.82) is 0 Å². The van der Waals surface area contributed by atoms with Gasteiger partial charge in [0, 0.05) is 16.3 Å². The summed E-state index contributed by atoms with van der Waals surface area (Å²) in [6.45, 7) is 4.67. The van der Waals surface area contributed by atoms with Crippen LogP contribution in [0.5, 0.6) is 5.75 Å². The first-order valence-corrected chi connectivity index (χ1v) is 11.1. The molecule has 0 radical (unpaired) electrons. The van der Waals surface area contributed by atoms with Crippen molar-refractivity contribution in [3.05, 3.63) is 72.7 Å². The molecule has 162 valence electrons. The average molecular weight is 439 g/mol. The number of hydrogen-bond donors (Lipinski definition) is 2. The number of furan rings is 1. The zero-order chi connectivity index (χ0) is 22.1. The molecule has 7 heteroatoms. The van der Waals surface area contributed by atoms with Crippen molar-refractivity contribution in [2.45, 2.75) is 36.8 Å². The van der Waals surface area contributed by atoms with Gasteiger partial charge in [0.1, 0.15) is 5.75 Å². The highest BCUT2D eigenvalue weighted by Crippen LogP contribution is 2.26. The number of rotatable bonds is 10. The average Bonchev–Trinajstić information content (AvgIpc) is 3.32. The van der Waals surface area contributed by atoms with Gasteiger partial charge in [-0.25, -0.2) is 0 Å². The summed E-state index contributed by atoms with van der Waals surface area (Å²) < 4.78 is 10.7. The largest absolute Gasteiger partial charge is 0.494 e. The molecule has 0 aliphatic heterocycles. The minimum absolute atomic E-state index is 0.0835. The SMILES string of the molecule is CCCCOc1ccc(NC(=O)C(C)Sc2ccc(NC(=O)c3ccco3)cc2)cc1. The maximum Gasteiger partial charge on any atom is 0.291 e. The molecule has 1 heterocycles. The van der Waals surface area contributed by atoms with Crippen LogP contribution >= 0.6 is 11.8 Å². The third-order valence-corrected chi connectivity index (χ3v) is 5.54. The van der Waals surface area contributed by atoms with E-state index in [4.69, 9.17) is 9.15 Å². The van der Waals surface area contributed by atoms with Crippen LogP contribution in [-0.2, 0) is 4.79 Å². The summed E-state index contributed by atoms with van der Waals surface area (Å²) in [5.74, 6) is 0.664. The van der Waals surface area contributed by atoms with E-state index in [1.54, 1.807) is 24.3 Å². The molecule has 2 N–H and O–H groups in total. The quantitative estimate of drug-likeness (QED) is 0.307. The Morgan fingerprint density at radius 1 is 1.00 bits per heavy atom. The van der Waals surface area contributed by atoms with E-state index >= 15 is 0 Å². The number of amides is 2. The van der Waals surface area contributed by atoms with Crippen LogP contribution in [0.25, 0.3) is 0 Å². The third-order valence-electron chi connectivity index (χ3n) is 4.43. The normalized spacial score (nSPS) is 11.5. The van der Waals surface area contributed by atoms with Crippen LogP contribution in [0.1, 0.15) is 37.2 Å². The Hall–Kier alpha value is -3.19. The van der Waals surface area contributed by atoms with Gasteiger partial charge >= 0.3 is 0 Å². The van der Waals surface area contributed by atoms with E-state index in [0.717, 1.165) is 29.2 Å². The number of nitrogens with one attached hydrogen (secondary N) is 2. The Morgan fingerprint density at radius 3 is 2.32 bits per heavy atom. The number of anilines is 2. The molecule has 0 fully saturated rings. The van der Waals surface area contributed by atoms with Gasteiger partial charge in [-0.3, -0.25) is 9.59 Å². The summed E-state index contributed by atoms with van der Waals surface area (Å²) in [6.07, 6.45) is 3.56. The minimum Gasteiger partial charge on any atom is -0.494 e. The van der Waals surface area contributed by atoms with Crippen molar-refractivity contribution >= 4 is 35.0 Å². The fourth-order valence-corrected chi connectivity index (χ4v) is 3.56. The van der Waals surface area contributed by atoms with Crippen molar-refractivity contribution in [2.24, 2.45) is 0 Å². The molecule has 1 unspecified atom stereocenters. The van der Waals surface area contributed by atoms with Gasteiger partial charge in [-0.05, 0) is 74.0 Å². The minimum atomic E-state index is -0.306. The molecule has 2 amide bonds. The van der Waals surface area contributed by atoms with E-state index in [0.29, 0.717) is 12.3 Å². The van der Waals surface area contributed by atoms with Crippen LogP contribution in [0.2, 0.25) is 0 Å². The summed E-state index contributed by atoms with van der Waals surface area (Å²) in [6, 6.07) is 18.0. The van der Waals surface area contributed by atoms with Gasteiger partial charge < -0.3 is 19.8 Å². The topological polar surface area (TPSA) is 80.6 Å². The molecule has 2 aromatic carbocycles. The fraction of sp³-hybridized carbons (Fsp3) is 0.250. The molecule has 0 spiro atoms. The van der Waals surface area contributed by atoms with Gasteiger partial charge in [0.25, 0.3) is 5.91 Å². The molecular formula is C24H26N2O4S. The molecule has 0 aliphatic rings. The monoisotopic (exact) mass is 438 g/mol. The maximum atomic E-state index is 12.5. The summed E-state index contributed by atoms with van der Waals surface area (Å²) in [7, 11) is 0. The molecule has 0 bridgehead atoms. The molecule has 3 rings (SSSR count). The first-order valence-electron chi connectivity index (χ1n) is 10.2. The van der Waals surface area contributed by atoms with Crippen LogP contribution in [0.4, 0.5) is 11.4 Å².